The van der Waals surface area contributed by atoms with Crippen LogP contribution in [0.15, 0.2) is 18.2 Å². The van der Waals surface area contributed by atoms with Crippen molar-refractivity contribution in [2.24, 2.45) is 5.92 Å². The monoisotopic (exact) mass is 256 g/mol. The SMILES string of the molecule is CCCCC(CC)COc1ccc(C#N)c(C#N)c1. The second-order valence-corrected chi connectivity index (χ2v) is 4.66. The van der Waals surface area contributed by atoms with Crippen molar-refractivity contribution < 1.29 is 4.74 Å². The summed E-state index contributed by atoms with van der Waals surface area (Å²) in [6.07, 6.45) is 4.69. The van der Waals surface area contributed by atoms with Crippen molar-refractivity contribution in [2.75, 3.05) is 6.61 Å². The lowest BCUT2D eigenvalue weighted by molar-refractivity contribution is 0.233. The molecule has 19 heavy (non-hydrogen) atoms. The molecule has 1 aromatic rings. The zero-order chi connectivity index (χ0) is 14.1. The molecule has 1 aromatic carbocycles. The summed E-state index contributed by atoms with van der Waals surface area (Å²) >= 11 is 0. The van der Waals surface area contributed by atoms with Gasteiger partial charge in [0.1, 0.15) is 17.9 Å². The number of hydrogen-bond acceptors (Lipinski definition) is 3. The minimum atomic E-state index is 0.376. The van der Waals surface area contributed by atoms with Crippen LogP contribution in [-0.2, 0) is 0 Å². The molecule has 0 heterocycles. The number of ether oxygens (including phenoxy) is 1. The fourth-order valence-electron chi connectivity index (χ4n) is 1.92. The van der Waals surface area contributed by atoms with Gasteiger partial charge in [-0.15, -0.1) is 0 Å². The van der Waals surface area contributed by atoms with E-state index in [-0.39, 0.29) is 0 Å². The molecule has 0 spiro atoms. The second kappa shape index (κ2) is 8.16. The van der Waals surface area contributed by atoms with E-state index in [1.165, 1.54) is 19.3 Å². The zero-order valence-corrected chi connectivity index (χ0v) is 11.6. The summed E-state index contributed by atoms with van der Waals surface area (Å²) in [4.78, 5) is 0. The van der Waals surface area contributed by atoms with Gasteiger partial charge in [-0.25, -0.2) is 0 Å². The van der Waals surface area contributed by atoms with Gasteiger partial charge in [0.2, 0.25) is 0 Å². The Kier molecular flexibility index (Phi) is 6.47. The maximum Gasteiger partial charge on any atom is 0.120 e. The lowest BCUT2D eigenvalue weighted by Crippen LogP contribution is -2.11. The van der Waals surface area contributed by atoms with Crippen molar-refractivity contribution in [1.82, 2.24) is 0 Å². The van der Waals surface area contributed by atoms with Crippen LogP contribution in [0.4, 0.5) is 0 Å². The van der Waals surface area contributed by atoms with Crippen LogP contribution >= 0.6 is 0 Å². The van der Waals surface area contributed by atoms with E-state index in [0.29, 0.717) is 29.4 Å². The van der Waals surface area contributed by atoms with Gasteiger partial charge in [-0.05, 0) is 30.5 Å². The molecule has 3 heteroatoms. The van der Waals surface area contributed by atoms with Gasteiger partial charge in [0, 0.05) is 0 Å². The first-order valence-electron chi connectivity index (χ1n) is 6.82. The summed E-state index contributed by atoms with van der Waals surface area (Å²) in [5.74, 6) is 1.23. The minimum absolute atomic E-state index is 0.376. The molecule has 0 radical (unpaired) electrons. The molecule has 0 aliphatic rings. The Balaban J connectivity index is 2.63. The number of nitriles is 2. The Bertz CT molecular complexity index is 483. The van der Waals surface area contributed by atoms with Gasteiger partial charge < -0.3 is 4.74 Å². The average Bonchev–Trinajstić information content (AvgIpc) is 2.47. The van der Waals surface area contributed by atoms with Crippen molar-refractivity contribution in [3.8, 4) is 17.9 Å². The lowest BCUT2D eigenvalue weighted by Gasteiger charge is -2.15. The average molecular weight is 256 g/mol. The molecular formula is C16H20N2O. The summed E-state index contributed by atoms with van der Waals surface area (Å²) in [7, 11) is 0. The first-order chi connectivity index (χ1) is 9.24. The van der Waals surface area contributed by atoms with Crippen LogP contribution in [0.2, 0.25) is 0 Å². The van der Waals surface area contributed by atoms with E-state index in [4.69, 9.17) is 15.3 Å². The number of rotatable bonds is 7. The number of nitrogens with zero attached hydrogens (tertiary/aromatic N) is 2. The molecule has 0 fully saturated rings. The predicted octanol–water partition coefficient (Wildman–Crippen LogP) is 4.03. The van der Waals surface area contributed by atoms with Crippen molar-refractivity contribution in [3.63, 3.8) is 0 Å². The highest BCUT2D eigenvalue weighted by Gasteiger charge is 2.08. The third kappa shape index (κ3) is 4.64. The van der Waals surface area contributed by atoms with Crippen molar-refractivity contribution >= 4 is 0 Å². The highest BCUT2D eigenvalue weighted by molar-refractivity contribution is 5.49. The first-order valence-corrected chi connectivity index (χ1v) is 6.82. The molecule has 0 aromatic heterocycles. The van der Waals surface area contributed by atoms with Crippen molar-refractivity contribution in [1.29, 1.82) is 10.5 Å². The molecule has 1 atom stereocenters. The summed E-state index contributed by atoms with van der Waals surface area (Å²) in [6, 6.07) is 9.06. The minimum Gasteiger partial charge on any atom is -0.493 e. The largest absolute Gasteiger partial charge is 0.493 e. The summed E-state index contributed by atoms with van der Waals surface area (Å²) < 4.78 is 5.74. The topological polar surface area (TPSA) is 56.8 Å². The van der Waals surface area contributed by atoms with Crippen molar-refractivity contribution in [3.05, 3.63) is 29.3 Å². The summed E-state index contributed by atoms with van der Waals surface area (Å²) in [5, 5.41) is 17.8. The van der Waals surface area contributed by atoms with Crippen LogP contribution in [0, 0.1) is 28.6 Å². The smallest absolute Gasteiger partial charge is 0.120 e. The number of hydrogen-bond donors (Lipinski definition) is 0. The molecule has 0 amide bonds. The fourth-order valence-corrected chi connectivity index (χ4v) is 1.92. The second-order valence-electron chi connectivity index (χ2n) is 4.66. The van der Waals surface area contributed by atoms with Crippen LogP contribution in [-0.4, -0.2) is 6.61 Å². The van der Waals surface area contributed by atoms with E-state index in [2.05, 4.69) is 13.8 Å². The van der Waals surface area contributed by atoms with E-state index in [0.717, 1.165) is 6.42 Å². The third-order valence-electron chi connectivity index (χ3n) is 3.26. The molecule has 0 N–H and O–H groups in total. The molecule has 100 valence electrons. The maximum absolute atomic E-state index is 8.96. The van der Waals surface area contributed by atoms with E-state index in [1.54, 1.807) is 18.2 Å². The van der Waals surface area contributed by atoms with Crippen LogP contribution in [0.25, 0.3) is 0 Å². The first kappa shape index (κ1) is 15.1. The molecule has 0 saturated heterocycles. The molecule has 1 unspecified atom stereocenters. The molecule has 0 bridgehead atoms. The van der Waals surface area contributed by atoms with E-state index in [9.17, 15) is 0 Å². The third-order valence-corrected chi connectivity index (χ3v) is 3.26. The van der Waals surface area contributed by atoms with Gasteiger partial charge in [-0.2, -0.15) is 10.5 Å². The van der Waals surface area contributed by atoms with Gasteiger partial charge >= 0.3 is 0 Å². The number of unbranched alkanes of at least 4 members (excludes halogenated alkanes) is 1. The quantitative estimate of drug-likeness (QED) is 0.740. The van der Waals surface area contributed by atoms with Crippen LogP contribution in [0.3, 0.4) is 0 Å². The lowest BCUT2D eigenvalue weighted by atomic mass is 10.0. The van der Waals surface area contributed by atoms with Gasteiger partial charge in [0.05, 0.1) is 17.7 Å². The van der Waals surface area contributed by atoms with Crippen LogP contribution in [0.5, 0.6) is 5.75 Å². The molecule has 3 nitrogen and oxygen atoms in total. The maximum atomic E-state index is 8.96. The van der Waals surface area contributed by atoms with Crippen LogP contribution < -0.4 is 4.74 Å². The predicted molar refractivity (Wildman–Crippen MR) is 74.7 cm³/mol. The fraction of sp³-hybridized carbons (Fsp3) is 0.500. The Hall–Kier alpha value is -2.00. The highest BCUT2D eigenvalue weighted by atomic mass is 16.5. The Morgan fingerprint density at radius 2 is 1.89 bits per heavy atom. The van der Waals surface area contributed by atoms with Crippen molar-refractivity contribution in [2.45, 2.75) is 39.5 Å². The molecule has 0 aliphatic carbocycles. The Labute approximate surface area is 115 Å². The normalized spacial score (nSPS) is 11.4. The van der Waals surface area contributed by atoms with Crippen LogP contribution in [0.1, 0.15) is 50.7 Å². The standard InChI is InChI=1S/C16H20N2O/c1-3-5-6-13(4-2)12-19-16-8-7-14(10-17)15(9-16)11-18/h7-9,13H,3-6,12H2,1-2H3. The van der Waals surface area contributed by atoms with Gasteiger partial charge in [0.25, 0.3) is 0 Å². The molecule has 0 saturated carbocycles. The summed E-state index contributed by atoms with van der Waals surface area (Å²) in [5.41, 5.74) is 0.773. The van der Waals surface area contributed by atoms with E-state index >= 15 is 0 Å². The highest BCUT2D eigenvalue weighted by Crippen LogP contribution is 2.19. The van der Waals surface area contributed by atoms with Gasteiger partial charge in [-0.1, -0.05) is 33.1 Å². The Morgan fingerprint density at radius 1 is 1.16 bits per heavy atom. The number of benzene rings is 1. The zero-order valence-electron chi connectivity index (χ0n) is 11.6. The summed E-state index contributed by atoms with van der Waals surface area (Å²) in [6.45, 7) is 5.03. The van der Waals surface area contributed by atoms with E-state index < -0.39 is 0 Å². The molecular weight excluding hydrogens is 236 g/mol. The Morgan fingerprint density at radius 3 is 2.47 bits per heavy atom. The van der Waals surface area contributed by atoms with Gasteiger partial charge in [0.15, 0.2) is 0 Å². The van der Waals surface area contributed by atoms with E-state index in [1.807, 2.05) is 12.1 Å². The molecule has 0 aliphatic heterocycles. The molecule has 1 rings (SSSR count). The van der Waals surface area contributed by atoms with Gasteiger partial charge in [-0.3, -0.25) is 0 Å².